The van der Waals surface area contributed by atoms with E-state index in [1.165, 1.54) is 77.0 Å². The van der Waals surface area contributed by atoms with Crippen molar-refractivity contribution in [3.63, 3.8) is 0 Å². The van der Waals surface area contributed by atoms with Crippen molar-refractivity contribution in [3.05, 3.63) is 0 Å². The zero-order valence-corrected chi connectivity index (χ0v) is 26.7. The summed E-state index contributed by atoms with van der Waals surface area (Å²) in [6.07, 6.45) is 15.0. The lowest BCUT2D eigenvalue weighted by atomic mass is 9.80. The molecule has 0 spiro atoms. The van der Waals surface area contributed by atoms with Gasteiger partial charge in [-0.25, -0.2) is 0 Å². The number of hydrogen-bond donors (Lipinski definition) is 5. The third-order valence-electron chi connectivity index (χ3n) is 8.94. The van der Waals surface area contributed by atoms with Crippen LogP contribution in [-0.2, 0) is 9.53 Å². The second-order valence-electron chi connectivity index (χ2n) is 12.8. The molecule has 1 aliphatic heterocycles. The van der Waals surface area contributed by atoms with Crippen LogP contribution in [0.2, 0.25) is 0 Å². The number of aliphatic hydroxyl groups excluding tert-OH is 5. The average molecular weight is 587 g/mol. The molecule has 7 heteroatoms. The van der Waals surface area contributed by atoms with Crippen molar-refractivity contribution < 1.29 is 35.1 Å². The first-order chi connectivity index (χ1) is 19.7. The second kappa shape index (κ2) is 23.8. The molecule has 1 fully saturated rings. The van der Waals surface area contributed by atoms with Crippen LogP contribution in [-0.4, -0.2) is 74.0 Å². The molecule has 7 nitrogen and oxygen atoms in total. The van der Waals surface area contributed by atoms with Gasteiger partial charge in [0.1, 0.15) is 24.1 Å². The van der Waals surface area contributed by atoms with Gasteiger partial charge in [-0.2, -0.15) is 0 Å². The zero-order chi connectivity index (χ0) is 30.5. The molecule has 0 amide bonds. The summed E-state index contributed by atoms with van der Waals surface area (Å²) in [6, 6.07) is 0. The zero-order valence-electron chi connectivity index (χ0n) is 26.7. The first-order valence-corrected chi connectivity index (χ1v) is 17.3. The van der Waals surface area contributed by atoms with E-state index in [4.69, 9.17) is 4.74 Å². The van der Waals surface area contributed by atoms with Gasteiger partial charge in [-0.05, 0) is 26.2 Å². The van der Waals surface area contributed by atoms with Gasteiger partial charge in [-0.15, -0.1) is 0 Å². The fourth-order valence-corrected chi connectivity index (χ4v) is 6.14. The van der Waals surface area contributed by atoms with Crippen molar-refractivity contribution >= 4 is 5.78 Å². The standard InChI is InChI=1S/C34H66O7/c1-4-6-8-10-12-14-16-18-20-22-27(35)24-29(34-33(40)32(39)31(38)26(3)41-34)30(37)25-28(36)23-21-19-17-15-13-11-9-7-5-2/h26-29,31-36,38-40H,4-25H2,1-3H3/t26-,27?,28?,29?,31-,32+,33+,34-/m0/s1. The highest BCUT2D eigenvalue weighted by molar-refractivity contribution is 5.82. The first-order valence-electron chi connectivity index (χ1n) is 17.3. The summed E-state index contributed by atoms with van der Waals surface area (Å²) in [5.74, 6) is -1.12. The Hall–Kier alpha value is -0.570. The molecule has 1 heterocycles. The quantitative estimate of drug-likeness (QED) is 0.0744. The van der Waals surface area contributed by atoms with Crippen molar-refractivity contribution in [3.8, 4) is 0 Å². The van der Waals surface area contributed by atoms with E-state index in [0.717, 1.165) is 38.5 Å². The largest absolute Gasteiger partial charge is 0.393 e. The van der Waals surface area contributed by atoms with E-state index in [0.29, 0.717) is 12.8 Å². The minimum Gasteiger partial charge on any atom is -0.393 e. The Morgan fingerprint density at radius 2 is 1.02 bits per heavy atom. The Bertz CT molecular complexity index is 630. The number of rotatable bonds is 26. The maximum absolute atomic E-state index is 13.4. The number of hydrogen-bond acceptors (Lipinski definition) is 7. The SMILES string of the molecule is CCCCCCCCCCCC(O)CC(=O)C(CC(O)CCCCCCCCCCC)[C@@H]1O[C@@H](C)[C@H](O)[C@@H](O)[C@H]1O. The highest BCUT2D eigenvalue weighted by Gasteiger charge is 2.47. The van der Waals surface area contributed by atoms with Gasteiger partial charge in [0, 0.05) is 12.3 Å². The molecule has 1 saturated heterocycles. The molecule has 0 radical (unpaired) electrons. The van der Waals surface area contributed by atoms with Crippen LogP contribution in [0.25, 0.3) is 0 Å². The van der Waals surface area contributed by atoms with Crippen molar-refractivity contribution in [2.45, 2.75) is 205 Å². The van der Waals surface area contributed by atoms with Crippen LogP contribution in [0.5, 0.6) is 0 Å². The topological polar surface area (TPSA) is 127 Å². The van der Waals surface area contributed by atoms with Crippen molar-refractivity contribution in [2.75, 3.05) is 0 Å². The molecule has 1 aliphatic rings. The molecule has 1 rings (SSSR count). The Morgan fingerprint density at radius 3 is 1.49 bits per heavy atom. The summed E-state index contributed by atoms with van der Waals surface area (Å²) in [7, 11) is 0. The molecule has 8 atom stereocenters. The molecule has 0 aromatic carbocycles. The molecule has 0 aromatic rings. The van der Waals surface area contributed by atoms with Crippen LogP contribution >= 0.6 is 0 Å². The van der Waals surface area contributed by atoms with Gasteiger partial charge in [0.15, 0.2) is 0 Å². The predicted molar refractivity (Wildman–Crippen MR) is 166 cm³/mol. The summed E-state index contributed by atoms with van der Waals surface area (Å²) in [4.78, 5) is 13.4. The molecule has 0 aromatic heterocycles. The number of ketones is 1. The predicted octanol–water partition coefficient (Wildman–Crippen LogP) is 6.39. The number of carbonyl (C=O) groups excluding carboxylic acids is 1. The highest BCUT2D eigenvalue weighted by Crippen LogP contribution is 2.31. The molecular weight excluding hydrogens is 520 g/mol. The van der Waals surface area contributed by atoms with E-state index in [9.17, 15) is 30.3 Å². The Morgan fingerprint density at radius 1 is 0.610 bits per heavy atom. The number of ether oxygens (including phenoxy) is 1. The maximum Gasteiger partial charge on any atom is 0.141 e. The average Bonchev–Trinajstić information content (AvgIpc) is 2.95. The lowest BCUT2D eigenvalue weighted by molar-refractivity contribution is -0.230. The molecular formula is C34H66O7. The lowest BCUT2D eigenvalue weighted by Crippen LogP contribution is -2.59. The minimum atomic E-state index is -1.44. The Labute approximate surface area is 251 Å². The van der Waals surface area contributed by atoms with E-state index < -0.39 is 48.6 Å². The van der Waals surface area contributed by atoms with E-state index in [1.54, 1.807) is 6.92 Å². The van der Waals surface area contributed by atoms with Crippen molar-refractivity contribution in [1.29, 1.82) is 0 Å². The lowest BCUT2D eigenvalue weighted by Gasteiger charge is -2.42. The summed E-state index contributed by atoms with van der Waals surface area (Å²) in [6.45, 7) is 6.04. The van der Waals surface area contributed by atoms with Crippen LogP contribution in [0.15, 0.2) is 0 Å². The number of aliphatic hydroxyl groups is 5. The van der Waals surface area contributed by atoms with Crippen LogP contribution in [0, 0.1) is 5.92 Å². The monoisotopic (exact) mass is 586 g/mol. The van der Waals surface area contributed by atoms with Gasteiger partial charge >= 0.3 is 0 Å². The van der Waals surface area contributed by atoms with Crippen LogP contribution < -0.4 is 0 Å². The van der Waals surface area contributed by atoms with E-state index in [-0.39, 0.29) is 18.6 Å². The smallest absolute Gasteiger partial charge is 0.141 e. The molecule has 0 aliphatic carbocycles. The van der Waals surface area contributed by atoms with Crippen LogP contribution in [0.4, 0.5) is 0 Å². The van der Waals surface area contributed by atoms with E-state index >= 15 is 0 Å². The summed E-state index contributed by atoms with van der Waals surface area (Å²) in [5, 5.41) is 52.7. The highest BCUT2D eigenvalue weighted by atomic mass is 16.5. The summed E-state index contributed by atoms with van der Waals surface area (Å²) >= 11 is 0. The van der Waals surface area contributed by atoms with E-state index in [2.05, 4.69) is 13.8 Å². The van der Waals surface area contributed by atoms with Gasteiger partial charge in [0.25, 0.3) is 0 Å². The number of Topliss-reactive ketones (excluding diaryl/α,β-unsaturated/α-hetero) is 1. The fraction of sp³-hybridized carbons (Fsp3) is 0.971. The third-order valence-corrected chi connectivity index (χ3v) is 8.94. The Kier molecular flexibility index (Phi) is 22.4. The van der Waals surface area contributed by atoms with Gasteiger partial charge in [-0.3, -0.25) is 4.79 Å². The summed E-state index contributed by atoms with van der Waals surface area (Å²) < 4.78 is 5.83. The van der Waals surface area contributed by atoms with Crippen molar-refractivity contribution in [2.24, 2.45) is 5.92 Å². The molecule has 5 N–H and O–H groups in total. The fourth-order valence-electron chi connectivity index (χ4n) is 6.14. The van der Waals surface area contributed by atoms with Gasteiger partial charge in [-0.1, -0.05) is 129 Å². The van der Waals surface area contributed by atoms with Crippen LogP contribution in [0.1, 0.15) is 162 Å². The number of carbonyl (C=O) groups is 1. The molecule has 0 bridgehead atoms. The molecule has 3 unspecified atom stereocenters. The van der Waals surface area contributed by atoms with E-state index in [1.807, 2.05) is 0 Å². The Balaban J connectivity index is 2.54. The third kappa shape index (κ3) is 16.7. The first kappa shape index (κ1) is 38.5. The van der Waals surface area contributed by atoms with Gasteiger partial charge < -0.3 is 30.3 Å². The second-order valence-corrected chi connectivity index (χ2v) is 12.8. The van der Waals surface area contributed by atoms with Gasteiger partial charge in [0.2, 0.25) is 0 Å². The van der Waals surface area contributed by atoms with Crippen molar-refractivity contribution in [1.82, 2.24) is 0 Å². The van der Waals surface area contributed by atoms with Crippen LogP contribution in [0.3, 0.4) is 0 Å². The summed E-state index contributed by atoms with van der Waals surface area (Å²) in [5.41, 5.74) is 0. The van der Waals surface area contributed by atoms with Gasteiger partial charge in [0.05, 0.1) is 24.4 Å². The molecule has 244 valence electrons. The maximum atomic E-state index is 13.4. The number of unbranched alkanes of at least 4 members (excludes halogenated alkanes) is 16. The normalized spacial score (nSPS) is 25.2. The molecule has 41 heavy (non-hydrogen) atoms. The molecule has 0 saturated carbocycles. The minimum absolute atomic E-state index is 0.0634.